The molecule has 0 bridgehead atoms. The first-order valence-corrected chi connectivity index (χ1v) is 7.25. The molecule has 1 atom stereocenters. The molecule has 0 fully saturated rings. The largest absolute Gasteiger partial charge is 0.0833 e. The van der Waals surface area contributed by atoms with Crippen molar-refractivity contribution < 1.29 is 0 Å². The molecule has 0 saturated heterocycles. The number of aryl methyl sites for hydroxylation is 1. The lowest BCUT2D eigenvalue weighted by atomic mass is 9.76. The Morgan fingerprint density at radius 3 is 2.84 bits per heavy atom. The number of allylic oxidation sites excluding steroid dienone is 4. The summed E-state index contributed by atoms with van der Waals surface area (Å²) < 4.78 is 0. The zero-order valence-electron chi connectivity index (χ0n) is 11.3. The van der Waals surface area contributed by atoms with Gasteiger partial charge in [0.05, 0.1) is 0 Å². The van der Waals surface area contributed by atoms with Crippen LogP contribution in [0.15, 0.2) is 54.1 Å². The zero-order chi connectivity index (χ0) is 12.8. The van der Waals surface area contributed by atoms with Crippen molar-refractivity contribution in [3.05, 3.63) is 65.3 Å². The summed E-state index contributed by atoms with van der Waals surface area (Å²) in [6.45, 7) is 2.37. The van der Waals surface area contributed by atoms with E-state index in [1.54, 1.807) is 11.1 Å². The molecule has 0 saturated carbocycles. The van der Waals surface area contributed by atoms with E-state index in [0.29, 0.717) is 0 Å². The molecule has 0 amide bonds. The molecule has 4 rings (SSSR count). The van der Waals surface area contributed by atoms with Gasteiger partial charge in [0.15, 0.2) is 0 Å². The summed E-state index contributed by atoms with van der Waals surface area (Å²) in [6, 6.07) is 13.4. The number of fused-ring (bicyclic) bond motifs is 4. The molecule has 2 aromatic rings. The maximum atomic E-state index is 2.37. The Labute approximate surface area is 114 Å². The molecule has 0 aliphatic heterocycles. The maximum absolute atomic E-state index is 2.37. The first-order chi connectivity index (χ1) is 9.34. The molecule has 2 aliphatic carbocycles. The second-order valence-electron chi connectivity index (χ2n) is 5.79. The standard InChI is InChI=1S/C19H18/c1-13-5-4-8-17-15(13)11-12-18-16-7-3-2-6-14(16)9-10-19(17)18/h2-4,6-10,13H,5,11-12H2,1H3. The van der Waals surface area contributed by atoms with Gasteiger partial charge in [0, 0.05) is 0 Å². The second kappa shape index (κ2) is 4.09. The monoisotopic (exact) mass is 246 g/mol. The molecule has 2 aliphatic rings. The number of hydrogen-bond donors (Lipinski definition) is 0. The van der Waals surface area contributed by atoms with Crippen LogP contribution in [0.3, 0.4) is 0 Å². The van der Waals surface area contributed by atoms with Crippen molar-refractivity contribution in [2.75, 3.05) is 0 Å². The molecule has 0 aromatic heterocycles. The molecule has 0 heteroatoms. The lowest BCUT2D eigenvalue weighted by molar-refractivity contribution is 0.645. The Hall–Kier alpha value is -1.82. The fourth-order valence-electron chi connectivity index (χ4n) is 3.67. The van der Waals surface area contributed by atoms with Gasteiger partial charge in [-0.05, 0) is 52.7 Å². The number of benzene rings is 2. The maximum Gasteiger partial charge on any atom is -0.0146 e. The molecular formula is C19H18. The van der Waals surface area contributed by atoms with Gasteiger partial charge >= 0.3 is 0 Å². The quantitative estimate of drug-likeness (QED) is 0.604. The van der Waals surface area contributed by atoms with E-state index in [4.69, 9.17) is 0 Å². The fourth-order valence-corrected chi connectivity index (χ4v) is 3.67. The van der Waals surface area contributed by atoms with Crippen LogP contribution in [-0.4, -0.2) is 0 Å². The van der Waals surface area contributed by atoms with Crippen LogP contribution >= 0.6 is 0 Å². The van der Waals surface area contributed by atoms with Gasteiger partial charge < -0.3 is 0 Å². The lowest BCUT2D eigenvalue weighted by Crippen LogP contribution is -2.12. The van der Waals surface area contributed by atoms with Gasteiger partial charge in [0.1, 0.15) is 0 Å². The minimum atomic E-state index is 0.722. The van der Waals surface area contributed by atoms with E-state index in [9.17, 15) is 0 Å². The summed E-state index contributed by atoms with van der Waals surface area (Å²) in [4.78, 5) is 0. The molecule has 1 unspecified atom stereocenters. The summed E-state index contributed by atoms with van der Waals surface area (Å²) in [5, 5.41) is 2.82. The summed E-state index contributed by atoms with van der Waals surface area (Å²) in [5.41, 5.74) is 6.20. The van der Waals surface area contributed by atoms with Crippen molar-refractivity contribution >= 4 is 16.3 Å². The predicted octanol–water partition coefficient (Wildman–Crippen LogP) is 5.14. The van der Waals surface area contributed by atoms with Gasteiger partial charge in [-0.3, -0.25) is 0 Å². The van der Waals surface area contributed by atoms with Crippen molar-refractivity contribution in [2.24, 2.45) is 5.92 Å². The van der Waals surface area contributed by atoms with Crippen molar-refractivity contribution in [1.29, 1.82) is 0 Å². The molecule has 0 radical (unpaired) electrons. The van der Waals surface area contributed by atoms with Crippen molar-refractivity contribution in [3.63, 3.8) is 0 Å². The Balaban J connectivity index is 2.01. The van der Waals surface area contributed by atoms with Gasteiger partial charge in [0.2, 0.25) is 0 Å². The van der Waals surface area contributed by atoms with E-state index >= 15 is 0 Å². The topological polar surface area (TPSA) is 0 Å². The molecule has 0 heterocycles. The van der Waals surface area contributed by atoms with Crippen LogP contribution in [-0.2, 0) is 6.42 Å². The van der Waals surface area contributed by atoms with Crippen LogP contribution in [0, 0.1) is 5.92 Å². The highest BCUT2D eigenvalue weighted by molar-refractivity contribution is 5.93. The average Bonchev–Trinajstić information content (AvgIpc) is 2.47. The lowest BCUT2D eigenvalue weighted by Gasteiger charge is -2.29. The van der Waals surface area contributed by atoms with E-state index in [2.05, 4.69) is 55.5 Å². The number of hydrogen-bond acceptors (Lipinski definition) is 0. The normalized spacial score (nSPS) is 21.4. The molecule has 0 nitrogen and oxygen atoms in total. The highest BCUT2D eigenvalue weighted by Crippen LogP contribution is 2.41. The van der Waals surface area contributed by atoms with E-state index < -0.39 is 0 Å². The van der Waals surface area contributed by atoms with Gasteiger partial charge in [-0.2, -0.15) is 0 Å². The van der Waals surface area contributed by atoms with Crippen LogP contribution < -0.4 is 0 Å². The van der Waals surface area contributed by atoms with Crippen molar-refractivity contribution in [1.82, 2.24) is 0 Å². The molecule has 2 aromatic carbocycles. The third kappa shape index (κ3) is 1.59. The Bertz CT molecular complexity index is 716. The second-order valence-corrected chi connectivity index (χ2v) is 5.79. The Morgan fingerprint density at radius 2 is 1.89 bits per heavy atom. The molecule has 0 spiro atoms. The first kappa shape index (κ1) is 11.0. The third-order valence-electron chi connectivity index (χ3n) is 4.69. The van der Waals surface area contributed by atoms with E-state index in [-0.39, 0.29) is 0 Å². The summed E-state index contributed by atoms with van der Waals surface area (Å²) >= 11 is 0. The van der Waals surface area contributed by atoms with Gasteiger partial charge in [0.25, 0.3) is 0 Å². The van der Waals surface area contributed by atoms with Gasteiger partial charge in [-0.1, -0.05) is 61.0 Å². The smallest absolute Gasteiger partial charge is 0.0146 e. The van der Waals surface area contributed by atoms with Crippen molar-refractivity contribution in [3.8, 4) is 0 Å². The molecule has 19 heavy (non-hydrogen) atoms. The summed E-state index contributed by atoms with van der Waals surface area (Å²) in [7, 11) is 0. The molecule has 94 valence electrons. The first-order valence-electron chi connectivity index (χ1n) is 7.25. The van der Waals surface area contributed by atoms with E-state index in [0.717, 1.165) is 5.92 Å². The summed E-state index contributed by atoms with van der Waals surface area (Å²) in [6.07, 6.45) is 8.34. The molecule has 0 N–H and O–H groups in total. The Kier molecular flexibility index (Phi) is 2.38. The van der Waals surface area contributed by atoms with E-state index in [1.807, 2.05) is 0 Å². The van der Waals surface area contributed by atoms with E-state index in [1.165, 1.54) is 41.2 Å². The minimum Gasteiger partial charge on any atom is -0.0833 e. The average molecular weight is 246 g/mol. The van der Waals surface area contributed by atoms with Gasteiger partial charge in [-0.15, -0.1) is 0 Å². The highest BCUT2D eigenvalue weighted by Gasteiger charge is 2.23. The predicted molar refractivity (Wildman–Crippen MR) is 82.1 cm³/mol. The number of rotatable bonds is 0. The van der Waals surface area contributed by atoms with Crippen LogP contribution in [0.1, 0.15) is 30.9 Å². The van der Waals surface area contributed by atoms with Crippen LogP contribution in [0.2, 0.25) is 0 Å². The highest BCUT2D eigenvalue weighted by atomic mass is 14.3. The fraction of sp³-hybridized carbons (Fsp3) is 0.263. The van der Waals surface area contributed by atoms with Gasteiger partial charge in [-0.25, -0.2) is 0 Å². The third-order valence-corrected chi connectivity index (χ3v) is 4.69. The summed E-state index contributed by atoms with van der Waals surface area (Å²) in [5.74, 6) is 0.722. The molecular weight excluding hydrogens is 228 g/mol. The van der Waals surface area contributed by atoms with Crippen LogP contribution in [0.5, 0.6) is 0 Å². The van der Waals surface area contributed by atoms with Crippen LogP contribution in [0.25, 0.3) is 16.3 Å². The Morgan fingerprint density at radius 1 is 1.00 bits per heavy atom. The van der Waals surface area contributed by atoms with Crippen molar-refractivity contribution in [2.45, 2.75) is 26.2 Å². The SMILES string of the molecule is CC1CC=CC2=C1CCc1c2ccc2ccccc12. The minimum absolute atomic E-state index is 0.722. The van der Waals surface area contributed by atoms with Crippen LogP contribution in [0.4, 0.5) is 0 Å². The zero-order valence-corrected chi connectivity index (χ0v) is 11.3.